The Morgan fingerprint density at radius 2 is 2.03 bits per heavy atom. The summed E-state index contributed by atoms with van der Waals surface area (Å²) < 4.78 is 0. The van der Waals surface area contributed by atoms with Crippen LogP contribution in [0.5, 0.6) is 0 Å². The highest BCUT2D eigenvalue weighted by atomic mass is 16.3. The lowest BCUT2D eigenvalue weighted by Gasteiger charge is -2.32. The molecule has 0 bridgehead atoms. The predicted octanol–water partition coefficient (Wildman–Crippen LogP) is 5.22. The third-order valence-electron chi connectivity index (χ3n) is 7.55. The van der Waals surface area contributed by atoms with Gasteiger partial charge < -0.3 is 15.1 Å². The molecule has 182 valence electrons. The average Bonchev–Trinajstić information content (AvgIpc) is 3.24. The molecule has 2 N–H and O–H groups in total. The van der Waals surface area contributed by atoms with Crippen molar-refractivity contribution in [2.75, 3.05) is 7.05 Å². The Kier molecular flexibility index (Phi) is 8.58. The summed E-state index contributed by atoms with van der Waals surface area (Å²) in [6.45, 7) is 8.25. The molecule has 1 aromatic carbocycles. The Morgan fingerprint density at radius 3 is 2.73 bits per heavy atom. The third kappa shape index (κ3) is 7.04. The fourth-order valence-electron chi connectivity index (χ4n) is 5.37. The van der Waals surface area contributed by atoms with Crippen LogP contribution in [0.3, 0.4) is 0 Å². The minimum atomic E-state index is -0.532. The molecule has 0 spiro atoms. The van der Waals surface area contributed by atoms with Crippen molar-refractivity contribution in [1.29, 1.82) is 0 Å². The van der Waals surface area contributed by atoms with Crippen molar-refractivity contribution < 1.29 is 15.0 Å². The molecule has 3 rings (SSSR count). The van der Waals surface area contributed by atoms with Crippen molar-refractivity contribution in [2.24, 2.45) is 17.8 Å². The molecule has 0 aliphatic heterocycles. The maximum Gasteiger partial charge on any atom is 0.222 e. The summed E-state index contributed by atoms with van der Waals surface area (Å²) in [5, 5.41) is 21.1. The summed E-state index contributed by atoms with van der Waals surface area (Å²) in [4.78, 5) is 14.2. The van der Waals surface area contributed by atoms with E-state index in [0.29, 0.717) is 24.7 Å². The molecule has 1 fully saturated rings. The molecule has 5 atom stereocenters. The second-order valence-corrected chi connectivity index (χ2v) is 11.2. The number of rotatable bonds is 9. The van der Waals surface area contributed by atoms with Crippen LogP contribution >= 0.6 is 0 Å². The zero-order valence-corrected chi connectivity index (χ0v) is 21.1. The van der Waals surface area contributed by atoms with Crippen LogP contribution in [0.4, 0.5) is 0 Å². The SMILES string of the molecule is Cc1cccc(C[C@@H](O)/C=C/[C@@H]2[C@H]3CC(CCCCC(=O)N(C)C(C)(C)C)=C[C@H]3C[C@H]2O)c1. The number of allylic oxidation sites excluding steroid dienone is 2. The minimum absolute atomic E-state index is 0.109. The number of aryl methyl sites for hydroxylation is 1. The molecule has 0 heterocycles. The van der Waals surface area contributed by atoms with Gasteiger partial charge in [-0.1, -0.05) is 53.6 Å². The number of aliphatic hydroxyl groups excluding tert-OH is 2. The smallest absolute Gasteiger partial charge is 0.222 e. The summed E-state index contributed by atoms with van der Waals surface area (Å²) in [5.74, 6) is 1.20. The fourth-order valence-corrected chi connectivity index (χ4v) is 5.37. The van der Waals surface area contributed by atoms with Crippen LogP contribution in [0.1, 0.15) is 70.4 Å². The van der Waals surface area contributed by atoms with Gasteiger partial charge in [0.25, 0.3) is 0 Å². The summed E-state index contributed by atoms with van der Waals surface area (Å²) in [5.41, 5.74) is 3.69. The van der Waals surface area contributed by atoms with E-state index in [9.17, 15) is 15.0 Å². The molecule has 4 heteroatoms. The number of nitrogens with zero attached hydrogens (tertiary/aromatic N) is 1. The number of unbranched alkanes of at least 4 members (excludes halogenated alkanes) is 1. The van der Waals surface area contributed by atoms with E-state index in [4.69, 9.17) is 0 Å². The van der Waals surface area contributed by atoms with Gasteiger partial charge in [-0.3, -0.25) is 4.79 Å². The second kappa shape index (κ2) is 11.0. The molecule has 1 amide bonds. The lowest BCUT2D eigenvalue weighted by molar-refractivity contribution is -0.134. The molecule has 0 radical (unpaired) electrons. The van der Waals surface area contributed by atoms with Crippen LogP contribution < -0.4 is 0 Å². The standard InChI is InChI=1S/C29H43NO3/c1-20-9-8-11-21(15-20)17-24(31)13-14-25-26-18-22(16-23(26)19-27(25)32)10-6-7-12-28(33)30(5)29(2,3)4/h8-9,11,13-16,23-27,31-32H,6-7,10,12,17-19H2,1-5H3/b14-13+/t23-,24-,25+,26-,27+/m0/s1. The van der Waals surface area contributed by atoms with Crippen LogP contribution in [0.25, 0.3) is 0 Å². The Bertz CT molecular complexity index is 866. The van der Waals surface area contributed by atoms with Crippen molar-refractivity contribution in [3.8, 4) is 0 Å². The molecule has 0 saturated heterocycles. The molecule has 1 saturated carbocycles. The number of carbonyl (C=O) groups excluding carboxylic acids is 1. The van der Waals surface area contributed by atoms with Gasteiger partial charge in [0.1, 0.15) is 0 Å². The first-order valence-electron chi connectivity index (χ1n) is 12.6. The highest BCUT2D eigenvalue weighted by molar-refractivity contribution is 5.76. The maximum absolute atomic E-state index is 12.3. The summed E-state index contributed by atoms with van der Waals surface area (Å²) in [6.07, 6.45) is 11.5. The number of aliphatic hydroxyl groups is 2. The molecular formula is C29H43NO3. The molecule has 1 aromatic rings. The summed E-state index contributed by atoms with van der Waals surface area (Å²) in [6, 6.07) is 8.25. The zero-order valence-electron chi connectivity index (χ0n) is 21.1. The van der Waals surface area contributed by atoms with Gasteiger partial charge in [-0.25, -0.2) is 0 Å². The van der Waals surface area contributed by atoms with Gasteiger partial charge in [0, 0.05) is 31.3 Å². The van der Waals surface area contributed by atoms with E-state index in [1.807, 2.05) is 30.2 Å². The van der Waals surface area contributed by atoms with E-state index >= 15 is 0 Å². The van der Waals surface area contributed by atoms with E-state index in [1.165, 1.54) is 11.1 Å². The molecule has 2 aliphatic carbocycles. The first-order valence-corrected chi connectivity index (χ1v) is 12.6. The minimum Gasteiger partial charge on any atom is -0.392 e. The van der Waals surface area contributed by atoms with Gasteiger partial charge in [-0.15, -0.1) is 0 Å². The summed E-state index contributed by atoms with van der Waals surface area (Å²) in [7, 11) is 1.89. The number of benzene rings is 1. The van der Waals surface area contributed by atoms with Gasteiger partial charge in [0.05, 0.1) is 12.2 Å². The monoisotopic (exact) mass is 453 g/mol. The first kappa shape index (κ1) is 25.7. The van der Waals surface area contributed by atoms with Crippen molar-refractivity contribution in [2.45, 2.75) is 90.4 Å². The lowest BCUT2D eigenvalue weighted by atomic mass is 9.88. The zero-order chi connectivity index (χ0) is 24.2. The van der Waals surface area contributed by atoms with Crippen molar-refractivity contribution in [1.82, 2.24) is 4.90 Å². The van der Waals surface area contributed by atoms with Crippen LogP contribution in [0.15, 0.2) is 48.1 Å². The topological polar surface area (TPSA) is 60.8 Å². The Balaban J connectivity index is 1.45. The average molecular weight is 454 g/mol. The number of fused-ring (bicyclic) bond motifs is 1. The quantitative estimate of drug-likeness (QED) is 0.398. The highest BCUT2D eigenvalue weighted by Gasteiger charge is 2.43. The predicted molar refractivity (Wildman–Crippen MR) is 135 cm³/mol. The van der Waals surface area contributed by atoms with E-state index in [1.54, 1.807) is 0 Å². The van der Waals surface area contributed by atoms with E-state index in [-0.39, 0.29) is 23.5 Å². The molecule has 4 nitrogen and oxygen atoms in total. The largest absolute Gasteiger partial charge is 0.392 e. The van der Waals surface area contributed by atoms with E-state index in [0.717, 1.165) is 37.7 Å². The molecule has 2 aliphatic rings. The van der Waals surface area contributed by atoms with Gasteiger partial charge in [0.15, 0.2) is 0 Å². The Hall–Kier alpha value is -1.91. The molecule has 33 heavy (non-hydrogen) atoms. The van der Waals surface area contributed by atoms with E-state index < -0.39 is 6.10 Å². The van der Waals surface area contributed by atoms with Gasteiger partial charge >= 0.3 is 0 Å². The lowest BCUT2D eigenvalue weighted by Crippen LogP contribution is -2.42. The van der Waals surface area contributed by atoms with Crippen LogP contribution in [0.2, 0.25) is 0 Å². The van der Waals surface area contributed by atoms with Gasteiger partial charge in [0.2, 0.25) is 5.91 Å². The van der Waals surface area contributed by atoms with Crippen molar-refractivity contribution in [3.63, 3.8) is 0 Å². The number of hydrogen-bond donors (Lipinski definition) is 2. The highest BCUT2D eigenvalue weighted by Crippen LogP contribution is 2.48. The van der Waals surface area contributed by atoms with Crippen LogP contribution in [0, 0.1) is 24.7 Å². The normalized spacial score (nSPS) is 25.8. The van der Waals surface area contributed by atoms with Gasteiger partial charge in [-0.2, -0.15) is 0 Å². The number of carbonyl (C=O) groups is 1. The summed E-state index contributed by atoms with van der Waals surface area (Å²) >= 11 is 0. The maximum atomic E-state index is 12.3. The third-order valence-corrected chi connectivity index (χ3v) is 7.55. The molecule has 0 unspecified atom stereocenters. The Labute approximate surface area is 200 Å². The fraction of sp³-hybridized carbons (Fsp3) is 0.621. The van der Waals surface area contributed by atoms with Crippen LogP contribution in [-0.2, 0) is 11.2 Å². The van der Waals surface area contributed by atoms with E-state index in [2.05, 4.69) is 52.0 Å². The van der Waals surface area contributed by atoms with Crippen molar-refractivity contribution >= 4 is 5.91 Å². The molecule has 0 aromatic heterocycles. The van der Waals surface area contributed by atoms with Crippen LogP contribution in [-0.4, -0.2) is 45.8 Å². The Morgan fingerprint density at radius 1 is 1.27 bits per heavy atom. The first-order chi connectivity index (χ1) is 15.5. The van der Waals surface area contributed by atoms with Gasteiger partial charge in [-0.05, 0) is 77.2 Å². The van der Waals surface area contributed by atoms with Crippen molar-refractivity contribution in [3.05, 3.63) is 59.2 Å². The molecular weight excluding hydrogens is 410 g/mol. The number of hydrogen-bond acceptors (Lipinski definition) is 3. The second-order valence-electron chi connectivity index (χ2n) is 11.2. The number of amides is 1.